The molecule has 0 aliphatic carbocycles. The number of carboxylic acids is 1. The molecule has 0 spiro atoms. The van der Waals surface area contributed by atoms with Gasteiger partial charge in [0, 0.05) is 47.2 Å². The van der Waals surface area contributed by atoms with Gasteiger partial charge < -0.3 is 14.8 Å². The number of pyridine rings is 1. The summed E-state index contributed by atoms with van der Waals surface area (Å²) in [5.74, 6) is -0.760. The predicted molar refractivity (Wildman–Crippen MR) is 83.9 cm³/mol. The summed E-state index contributed by atoms with van der Waals surface area (Å²) in [6.45, 7) is 1.89. The van der Waals surface area contributed by atoms with E-state index in [1.165, 1.54) is 0 Å². The topological polar surface area (TPSA) is 75.3 Å². The molecule has 0 bridgehead atoms. The molecule has 0 atom stereocenters. The van der Waals surface area contributed by atoms with Crippen LogP contribution in [-0.4, -0.2) is 25.7 Å². The normalized spacial score (nSPS) is 11.0. The zero-order valence-corrected chi connectivity index (χ0v) is 12.4. The highest BCUT2D eigenvalue weighted by molar-refractivity contribution is 5.94. The van der Waals surface area contributed by atoms with E-state index in [1.54, 1.807) is 18.5 Å². The summed E-state index contributed by atoms with van der Waals surface area (Å²) in [6.07, 6.45) is 3.31. The smallest absolute Gasteiger partial charge is 0.307 e. The zero-order valence-electron chi connectivity index (χ0n) is 12.4. The number of hydrogen-bond acceptors (Lipinski definition) is 3. The number of phenolic OH excluding ortho intramolecular Hbond substituents is 1. The van der Waals surface area contributed by atoms with Gasteiger partial charge in [0.2, 0.25) is 0 Å². The van der Waals surface area contributed by atoms with Crippen molar-refractivity contribution in [3.8, 4) is 16.9 Å². The fourth-order valence-electron chi connectivity index (χ4n) is 2.80. The third-order valence-corrected chi connectivity index (χ3v) is 4.04. The molecule has 2 heterocycles. The Kier molecular flexibility index (Phi) is 3.33. The molecule has 0 radical (unpaired) electrons. The first-order valence-electron chi connectivity index (χ1n) is 6.92. The maximum Gasteiger partial charge on any atom is 0.307 e. The van der Waals surface area contributed by atoms with Gasteiger partial charge in [0.05, 0.1) is 6.42 Å². The van der Waals surface area contributed by atoms with Crippen molar-refractivity contribution in [2.75, 3.05) is 0 Å². The van der Waals surface area contributed by atoms with Crippen LogP contribution in [0.25, 0.3) is 22.0 Å². The average molecular weight is 296 g/mol. The number of benzene rings is 1. The van der Waals surface area contributed by atoms with Crippen LogP contribution in [0.2, 0.25) is 0 Å². The van der Waals surface area contributed by atoms with E-state index in [1.807, 2.05) is 36.7 Å². The molecule has 0 unspecified atom stereocenters. The number of aromatic hydroxyl groups is 1. The Morgan fingerprint density at radius 3 is 2.77 bits per heavy atom. The zero-order chi connectivity index (χ0) is 15.9. The largest absolute Gasteiger partial charge is 0.507 e. The van der Waals surface area contributed by atoms with Crippen molar-refractivity contribution in [3.05, 3.63) is 47.9 Å². The molecule has 0 saturated heterocycles. The Morgan fingerprint density at radius 2 is 2.14 bits per heavy atom. The van der Waals surface area contributed by atoms with E-state index >= 15 is 0 Å². The van der Waals surface area contributed by atoms with E-state index in [0.717, 1.165) is 27.7 Å². The van der Waals surface area contributed by atoms with Gasteiger partial charge in [0.25, 0.3) is 0 Å². The summed E-state index contributed by atoms with van der Waals surface area (Å²) >= 11 is 0. The maximum atomic E-state index is 11.1. The Labute approximate surface area is 127 Å². The van der Waals surface area contributed by atoms with E-state index in [4.69, 9.17) is 5.11 Å². The van der Waals surface area contributed by atoms with Crippen LogP contribution in [0, 0.1) is 6.92 Å². The minimum atomic E-state index is -0.883. The molecule has 3 rings (SSSR count). The Hall–Kier alpha value is -2.82. The molecular weight excluding hydrogens is 280 g/mol. The van der Waals surface area contributed by atoms with Gasteiger partial charge in [-0.1, -0.05) is 6.07 Å². The van der Waals surface area contributed by atoms with Crippen LogP contribution >= 0.6 is 0 Å². The first kappa shape index (κ1) is 14.1. The number of hydrogen-bond donors (Lipinski definition) is 2. The number of fused-ring (bicyclic) bond motifs is 1. The first-order chi connectivity index (χ1) is 10.5. The van der Waals surface area contributed by atoms with Crippen molar-refractivity contribution in [3.63, 3.8) is 0 Å². The SMILES string of the molecule is Cc1c(CC(=O)O)c2cc(O)c(-c3cccnc3)cc2n1C. The Bertz CT molecular complexity index is 867. The van der Waals surface area contributed by atoms with Crippen molar-refractivity contribution in [1.29, 1.82) is 0 Å². The molecule has 0 aliphatic heterocycles. The number of carboxylic acid groups (broad SMARTS) is 1. The fourth-order valence-corrected chi connectivity index (χ4v) is 2.80. The molecule has 2 aromatic heterocycles. The maximum absolute atomic E-state index is 11.1. The van der Waals surface area contributed by atoms with Crippen molar-refractivity contribution >= 4 is 16.9 Å². The molecule has 22 heavy (non-hydrogen) atoms. The van der Waals surface area contributed by atoms with Crippen LogP contribution in [0.3, 0.4) is 0 Å². The summed E-state index contributed by atoms with van der Waals surface area (Å²) < 4.78 is 1.95. The molecular formula is C17H16N2O3. The van der Waals surface area contributed by atoms with E-state index in [-0.39, 0.29) is 12.2 Å². The third kappa shape index (κ3) is 2.20. The number of aromatic nitrogens is 2. The van der Waals surface area contributed by atoms with Gasteiger partial charge in [-0.2, -0.15) is 0 Å². The lowest BCUT2D eigenvalue weighted by atomic mass is 10.0. The molecule has 1 aromatic carbocycles. The standard InChI is InChI=1S/C17H16N2O3/c1-10-12(8-17(21)22)14-7-16(20)13(6-15(14)19(10)2)11-4-3-5-18-9-11/h3-7,9,20H,8H2,1-2H3,(H,21,22). The number of nitrogens with zero attached hydrogens (tertiary/aromatic N) is 2. The van der Waals surface area contributed by atoms with Crippen LogP contribution in [-0.2, 0) is 18.3 Å². The van der Waals surface area contributed by atoms with Crippen LogP contribution in [0.1, 0.15) is 11.3 Å². The number of carbonyl (C=O) groups is 1. The van der Waals surface area contributed by atoms with Crippen molar-refractivity contribution < 1.29 is 15.0 Å². The van der Waals surface area contributed by atoms with Crippen molar-refractivity contribution in [1.82, 2.24) is 9.55 Å². The van der Waals surface area contributed by atoms with E-state index in [9.17, 15) is 9.90 Å². The van der Waals surface area contributed by atoms with E-state index in [2.05, 4.69) is 4.98 Å². The quantitative estimate of drug-likeness (QED) is 0.779. The molecule has 3 aromatic rings. The van der Waals surface area contributed by atoms with Gasteiger partial charge in [-0.25, -0.2) is 0 Å². The number of phenols is 1. The van der Waals surface area contributed by atoms with E-state index in [0.29, 0.717) is 5.56 Å². The summed E-state index contributed by atoms with van der Waals surface area (Å²) in [4.78, 5) is 15.1. The summed E-state index contributed by atoms with van der Waals surface area (Å²) in [6, 6.07) is 7.20. The minimum absolute atomic E-state index is 0.0607. The first-order valence-corrected chi connectivity index (χ1v) is 6.92. The lowest BCUT2D eigenvalue weighted by Gasteiger charge is -2.06. The molecule has 5 nitrogen and oxygen atoms in total. The molecule has 2 N–H and O–H groups in total. The summed E-state index contributed by atoms with van der Waals surface area (Å²) in [5, 5.41) is 20.2. The third-order valence-electron chi connectivity index (χ3n) is 4.04. The van der Waals surface area contributed by atoms with Gasteiger partial charge in [-0.3, -0.25) is 9.78 Å². The van der Waals surface area contributed by atoms with Gasteiger partial charge >= 0.3 is 5.97 Å². The van der Waals surface area contributed by atoms with Crippen molar-refractivity contribution in [2.45, 2.75) is 13.3 Å². The highest BCUT2D eigenvalue weighted by atomic mass is 16.4. The van der Waals surface area contributed by atoms with Gasteiger partial charge in [0.15, 0.2) is 0 Å². The van der Waals surface area contributed by atoms with E-state index < -0.39 is 5.97 Å². The van der Waals surface area contributed by atoms with Crippen molar-refractivity contribution in [2.24, 2.45) is 7.05 Å². The van der Waals surface area contributed by atoms with Crippen LogP contribution in [0.5, 0.6) is 5.75 Å². The fraction of sp³-hybridized carbons (Fsp3) is 0.176. The van der Waals surface area contributed by atoms with Crippen LogP contribution in [0.4, 0.5) is 0 Å². The molecule has 5 heteroatoms. The Balaban J connectivity index is 2.27. The lowest BCUT2D eigenvalue weighted by Crippen LogP contribution is -2.01. The second-order valence-corrected chi connectivity index (χ2v) is 5.32. The highest BCUT2D eigenvalue weighted by Gasteiger charge is 2.17. The molecule has 112 valence electrons. The lowest BCUT2D eigenvalue weighted by molar-refractivity contribution is -0.136. The predicted octanol–water partition coefficient (Wildman–Crippen LogP) is 2.88. The average Bonchev–Trinajstić information content (AvgIpc) is 2.72. The van der Waals surface area contributed by atoms with Gasteiger partial charge in [-0.15, -0.1) is 0 Å². The molecule has 0 aliphatic rings. The second-order valence-electron chi connectivity index (χ2n) is 5.32. The number of aryl methyl sites for hydroxylation is 1. The second kappa shape index (κ2) is 5.18. The highest BCUT2D eigenvalue weighted by Crippen LogP contribution is 2.36. The van der Waals surface area contributed by atoms with Gasteiger partial charge in [0.1, 0.15) is 5.75 Å². The number of aliphatic carboxylic acids is 1. The van der Waals surface area contributed by atoms with Crippen LogP contribution in [0.15, 0.2) is 36.7 Å². The van der Waals surface area contributed by atoms with Crippen LogP contribution < -0.4 is 0 Å². The van der Waals surface area contributed by atoms with Gasteiger partial charge in [-0.05, 0) is 30.7 Å². The molecule has 0 saturated carbocycles. The molecule has 0 fully saturated rings. The monoisotopic (exact) mass is 296 g/mol. The minimum Gasteiger partial charge on any atom is -0.507 e. The Morgan fingerprint density at radius 1 is 1.36 bits per heavy atom. The summed E-state index contributed by atoms with van der Waals surface area (Å²) in [7, 11) is 1.90. The molecule has 0 amide bonds. The number of rotatable bonds is 3. The summed E-state index contributed by atoms with van der Waals surface area (Å²) in [5.41, 5.74) is 4.02.